The van der Waals surface area contributed by atoms with E-state index < -0.39 is 0 Å². The highest BCUT2D eigenvalue weighted by atomic mass is 16.5. The molecule has 0 atom stereocenters. The fourth-order valence-corrected chi connectivity index (χ4v) is 1.57. The van der Waals surface area contributed by atoms with Crippen LogP contribution in [0.15, 0.2) is 43.0 Å². The van der Waals surface area contributed by atoms with E-state index in [0.717, 1.165) is 31.0 Å². The molecule has 0 aliphatic carbocycles. The van der Waals surface area contributed by atoms with Gasteiger partial charge in [0, 0.05) is 31.7 Å². The highest BCUT2D eigenvalue weighted by Crippen LogP contribution is 2.15. The van der Waals surface area contributed by atoms with Crippen molar-refractivity contribution >= 4 is 5.69 Å². The summed E-state index contributed by atoms with van der Waals surface area (Å²) in [6.45, 7) is 1.66. The zero-order chi connectivity index (χ0) is 11.9. The minimum Gasteiger partial charge on any atom is -0.494 e. The predicted octanol–water partition coefficient (Wildman–Crippen LogP) is 2.39. The first-order valence-corrected chi connectivity index (χ1v) is 5.75. The van der Waals surface area contributed by atoms with Crippen molar-refractivity contribution < 1.29 is 4.74 Å². The van der Waals surface area contributed by atoms with Crippen molar-refractivity contribution in [3.05, 3.63) is 43.0 Å². The summed E-state index contributed by atoms with van der Waals surface area (Å²) in [5, 5.41) is 3.07. The lowest BCUT2D eigenvalue weighted by Gasteiger charge is -2.07. The Bertz CT molecular complexity index is 422. The van der Waals surface area contributed by atoms with E-state index in [0.29, 0.717) is 0 Å². The second kappa shape index (κ2) is 5.94. The number of rotatable bonds is 6. The van der Waals surface area contributed by atoms with E-state index >= 15 is 0 Å². The monoisotopic (exact) mass is 231 g/mol. The minimum atomic E-state index is 0.719. The molecule has 0 fully saturated rings. The lowest BCUT2D eigenvalue weighted by Crippen LogP contribution is -2.03. The molecule has 0 saturated heterocycles. The lowest BCUT2D eigenvalue weighted by molar-refractivity contribution is 0.302. The van der Waals surface area contributed by atoms with E-state index in [4.69, 9.17) is 4.74 Å². The van der Waals surface area contributed by atoms with Crippen LogP contribution in [0.1, 0.15) is 6.42 Å². The third-order valence-corrected chi connectivity index (χ3v) is 2.53. The van der Waals surface area contributed by atoms with Gasteiger partial charge in [-0.2, -0.15) is 0 Å². The van der Waals surface area contributed by atoms with Gasteiger partial charge in [0.05, 0.1) is 12.9 Å². The van der Waals surface area contributed by atoms with Crippen LogP contribution in [0.5, 0.6) is 5.75 Å². The zero-order valence-corrected chi connectivity index (χ0v) is 9.97. The molecule has 0 spiro atoms. The fourth-order valence-electron chi connectivity index (χ4n) is 1.57. The number of nitrogens with zero attached hydrogens (tertiary/aromatic N) is 2. The summed E-state index contributed by atoms with van der Waals surface area (Å²) >= 11 is 0. The third-order valence-electron chi connectivity index (χ3n) is 2.53. The quantitative estimate of drug-likeness (QED) is 0.776. The standard InChI is InChI=1S/C13H17N3O/c1-14-12-3-5-13(6-4-12)17-10-2-8-16-9-7-15-11-16/h3-7,9,11,14H,2,8,10H2,1H3. The maximum atomic E-state index is 5.64. The summed E-state index contributed by atoms with van der Waals surface area (Å²) in [4.78, 5) is 3.99. The van der Waals surface area contributed by atoms with Crippen LogP contribution in [-0.2, 0) is 6.54 Å². The van der Waals surface area contributed by atoms with Gasteiger partial charge in [0.2, 0.25) is 0 Å². The summed E-state index contributed by atoms with van der Waals surface area (Å²) in [6, 6.07) is 7.96. The second-order valence-corrected chi connectivity index (χ2v) is 3.78. The summed E-state index contributed by atoms with van der Waals surface area (Å²) in [5.41, 5.74) is 1.09. The van der Waals surface area contributed by atoms with Gasteiger partial charge in [-0.15, -0.1) is 0 Å². The molecule has 0 saturated carbocycles. The van der Waals surface area contributed by atoms with Crippen LogP contribution in [-0.4, -0.2) is 23.2 Å². The maximum Gasteiger partial charge on any atom is 0.119 e. The van der Waals surface area contributed by atoms with Crippen LogP contribution >= 0.6 is 0 Å². The molecule has 0 aliphatic heterocycles. The van der Waals surface area contributed by atoms with E-state index in [9.17, 15) is 0 Å². The van der Waals surface area contributed by atoms with Crippen LogP contribution in [0.2, 0.25) is 0 Å². The van der Waals surface area contributed by atoms with Crippen LogP contribution in [0.25, 0.3) is 0 Å². The molecule has 0 aliphatic rings. The predicted molar refractivity (Wildman–Crippen MR) is 68.3 cm³/mol. The summed E-state index contributed by atoms with van der Waals surface area (Å²) < 4.78 is 7.69. The number of aryl methyl sites for hydroxylation is 1. The van der Waals surface area contributed by atoms with E-state index in [-0.39, 0.29) is 0 Å². The van der Waals surface area contributed by atoms with Crippen molar-refractivity contribution in [3.8, 4) is 5.75 Å². The molecule has 0 unspecified atom stereocenters. The molecule has 90 valence electrons. The number of aromatic nitrogens is 2. The number of hydrogen-bond acceptors (Lipinski definition) is 3. The average Bonchev–Trinajstić information content (AvgIpc) is 2.88. The first kappa shape index (κ1) is 11.5. The van der Waals surface area contributed by atoms with Gasteiger partial charge in [-0.3, -0.25) is 0 Å². The van der Waals surface area contributed by atoms with E-state index in [1.54, 1.807) is 6.20 Å². The first-order valence-electron chi connectivity index (χ1n) is 5.75. The zero-order valence-electron chi connectivity index (χ0n) is 9.97. The van der Waals surface area contributed by atoms with Gasteiger partial charge in [0.1, 0.15) is 5.75 Å². The molecular formula is C13H17N3O. The Morgan fingerprint density at radius 3 is 2.76 bits per heavy atom. The molecule has 0 radical (unpaired) electrons. The van der Waals surface area contributed by atoms with E-state index in [2.05, 4.69) is 10.3 Å². The average molecular weight is 231 g/mol. The molecule has 1 heterocycles. The van der Waals surface area contributed by atoms with Gasteiger partial charge < -0.3 is 14.6 Å². The van der Waals surface area contributed by atoms with Crippen LogP contribution in [0.4, 0.5) is 5.69 Å². The molecular weight excluding hydrogens is 214 g/mol. The summed E-state index contributed by atoms with van der Waals surface area (Å²) in [7, 11) is 1.90. The van der Waals surface area contributed by atoms with Crippen molar-refractivity contribution in [2.24, 2.45) is 0 Å². The Morgan fingerprint density at radius 2 is 2.12 bits per heavy atom. The number of hydrogen-bond donors (Lipinski definition) is 1. The number of anilines is 1. The van der Waals surface area contributed by atoms with Crippen LogP contribution in [0.3, 0.4) is 0 Å². The summed E-state index contributed by atoms with van der Waals surface area (Å²) in [6.07, 6.45) is 6.55. The van der Waals surface area contributed by atoms with Gasteiger partial charge in [0.25, 0.3) is 0 Å². The molecule has 1 aromatic heterocycles. The van der Waals surface area contributed by atoms with Crippen molar-refractivity contribution in [1.82, 2.24) is 9.55 Å². The Hall–Kier alpha value is -1.97. The molecule has 4 nitrogen and oxygen atoms in total. The number of imidazole rings is 1. The fraction of sp³-hybridized carbons (Fsp3) is 0.308. The number of nitrogens with one attached hydrogen (secondary N) is 1. The molecule has 1 N–H and O–H groups in total. The molecule has 17 heavy (non-hydrogen) atoms. The highest BCUT2D eigenvalue weighted by molar-refractivity contribution is 5.45. The molecule has 0 amide bonds. The molecule has 0 bridgehead atoms. The topological polar surface area (TPSA) is 39.1 Å². The van der Waals surface area contributed by atoms with Crippen LogP contribution < -0.4 is 10.1 Å². The largest absolute Gasteiger partial charge is 0.494 e. The highest BCUT2D eigenvalue weighted by Gasteiger charge is 1.95. The first-order chi connectivity index (χ1) is 8.38. The van der Waals surface area contributed by atoms with Crippen molar-refractivity contribution in [1.29, 1.82) is 0 Å². The van der Waals surface area contributed by atoms with Crippen molar-refractivity contribution in [2.45, 2.75) is 13.0 Å². The summed E-state index contributed by atoms with van der Waals surface area (Å²) in [5.74, 6) is 0.912. The smallest absolute Gasteiger partial charge is 0.119 e. The maximum absolute atomic E-state index is 5.64. The van der Waals surface area contributed by atoms with Gasteiger partial charge in [-0.1, -0.05) is 0 Å². The van der Waals surface area contributed by atoms with Crippen molar-refractivity contribution in [3.63, 3.8) is 0 Å². The Balaban J connectivity index is 1.70. The molecule has 2 aromatic rings. The van der Waals surface area contributed by atoms with Gasteiger partial charge >= 0.3 is 0 Å². The number of ether oxygens (including phenoxy) is 1. The Kier molecular flexibility index (Phi) is 4.02. The van der Waals surface area contributed by atoms with Gasteiger partial charge in [-0.25, -0.2) is 4.98 Å². The SMILES string of the molecule is CNc1ccc(OCCCn2ccnc2)cc1. The Labute approximate surface area is 101 Å². The lowest BCUT2D eigenvalue weighted by atomic mass is 10.3. The normalized spacial score (nSPS) is 10.2. The van der Waals surface area contributed by atoms with Gasteiger partial charge in [-0.05, 0) is 30.7 Å². The van der Waals surface area contributed by atoms with Crippen molar-refractivity contribution in [2.75, 3.05) is 19.0 Å². The number of benzene rings is 1. The minimum absolute atomic E-state index is 0.719. The van der Waals surface area contributed by atoms with E-state index in [1.165, 1.54) is 0 Å². The molecule has 2 rings (SSSR count). The van der Waals surface area contributed by atoms with E-state index in [1.807, 2.05) is 48.4 Å². The third kappa shape index (κ3) is 3.52. The molecule has 1 aromatic carbocycles. The molecule has 4 heteroatoms. The van der Waals surface area contributed by atoms with Gasteiger partial charge in [0.15, 0.2) is 0 Å². The Morgan fingerprint density at radius 1 is 1.29 bits per heavy atom. The van der Waals surface area contributed by atoms with Crippen LogP contribution in [0, 0.1) is 0 Å². The second-order valence-electron chi connectivity index (χ2n) is 3.78.